The van der Waals surface area contributed by atoms with Crippen LogP contribution in [0.25, 0.3) is 10.9 Å². The lowest BCUT2D eigenvalue weighted by Crippen LogP contribution is -2.49. The van der Waals surface area contributed by atoms with Crippen molar-refractivity contribution in [2.45, 2.75) is 82.5 Å². The molecule has 10 heteroatoms. The lowest BCUT2D eigenvalue weighted by Gasteiger charge is -2.45. The molecule has 2 saturated carbocycles. The Morgan fingerprint density at radius 1 is 1.03 bits per heavy atom. The van der Waals surface area contributed by atoms with Crippen molar-refractivity contribution in [2.75, 3.05) is 6.79 Å². The molecule has 3 aromatic heterocycles. The zero-order chi connectivity index (χ0) is 25.5. The summed E-state index contributed by atoms with van der Waals surface area (Å²) in [6, 6.07) is 9.98. The van der Waals surface area contributed by atoms with E-state index in [1.165, 1.54) is 19.3 Å². The van der Waals surface area contributed by atoms with Crippen molar-refractivity contribution < 1.29 is 13.9 Å². The highest BCUT2D eigenvalue weighted by Gasteiger charge is 2.45. The number of furan rings is 1. The van der Waals surface area contributed by atoms with Gasteiger partial charge in [0.1, 0.15) is 5.76 Å². The third-order valence-electron chi connectivity index (χ3n) is 8.57. The van der Waals surface area contributed by atoms with Gasteiger partial charge in [-0.05, 0) is 60.4 Å². The minimum atomic E-state index is -0.395. The molecule has 1 N–H and O–H groups in total. The normalized spacial score (nSPS) is 19.1. The van der Waals surface area contributed by atoms with Gasteiger partial charge in [0.15, 0.2) is 17.3 Å². The Morgan fingerprint density at radius 2 is 1.84 bits per heavy atom. The van der Waals surface area contributed by atoms with E-state index in [4.69, 9.17) is 13.9 Å². The molecule has 0 spiro atoms. The van der Waals surface area contributed by atoms with Crippen LogP contribution in [0.2, 0.25) is 0 Å². The summed E-state index contributed by atoms with van der Waals surface area (Å²) in [6.07, 6.45) is 11.6. The number of aromatic amines is 1. The summed E-state index contributed by atoms with van der Waals surface area (Å²) >= 11 is 0. The number of ether oxygens (including phenoxy) is 2. The van der Waals surface area contributed by atoms with Crippen LogP contribution < -0.4 is 15.0 Å². The van der Waals surface area contributed by atoms with E-state index in [1.807, 2.05) is 30.3 Å². The quantitative estimate of drug-likeness (QED) is 0.372. The van der Waals surface area contributed by atoms with Gasteiger partial charge in [0.2, 0.25) is 6.79 Å². The highest BCUT2D eigenvalue weighted by atomic mass is 16.7. The number of hydrogen-bond acceptors (Lipinski definition) is 8. The second-order valence-corrected chi connectivity index (χ2v) is 10.8. The SMILES string of the molecule is O=c1[nH]c2cc3c(cc2cc1CN(Cc1ccco1)C1(c2nnnn2C2CCCC2)CCCCC1)OCO3. The van der Waals surface area contributed by atoms with Crippen LogP contribution in [0.5, 0.6) is 11.5 Å². The number of hydrogen-bond donors (Lipinski definition) is 1. The van der Waals surface area contributed by atoms with Crippen LogP contribution in [0.3, 0.4) is 0 Å². The molecule has 2 aliphatic carbocycles. The highest BCUT2D eigenvalue weighted by Crippen LogP contribution is 2.45. The van der Waals surface area contributed by atoms with Gasteiger partial charge in [-0.2, -0.15) is 0 Å². The van der Waals surface area contributed by atoms with Crippen LogP contribution in [-0.2, 0) is 18.6 Å². The fourth-order valence-electron chi connectivity index (χ4n) is 6.63. The van der Waals surface area contributed by atoms with Gasteiger partial charge in [-0.15, -0.1) is 5.10 Å². The summed E-state index contributed by atoms with van der Waals surface area (Å²) in [5.41, 5.74) is 0.918. The minimum Gasteiger partial charge on any atom is -0.468 e. The molecule has 0 radical (unpaired) electrons. The van der Waals surface area contributed by atoms with E-state index in [1.54, 1.807) is 6.26 Å². The van der Waals surface area contributed by atoms with Crippen molar-refractivity contribution in [1.29, 1.82) is 0 Å². The third kappa shape index (κ3) is 4.07. The zero-order valence-corrected chi connectivity index (χ0v) is 21.4. The van der Waals surface area contributed by atoms with Gasteiger partial charge in [0.05, 0.1) is 29.9 Å². The Morgan fingerprint density at radius 3 is 2.63 bits per heavy atom. The molecule has 0 amide bonds. The number of H-pyrrole nitrogens is 1. The van der Waals surface area contributed by atoms with E-state index in [2.05, 4.69) is 30.1 Å². The topological polar surface area (TPSA) is 111 Å². The first-order chi connectivity index (χ1) is 18.7. The fourth-order valence-corrected chi connectivity index (χ4v) is 6.63. The maximum atomic E-state index is 13.4. The summed E-state index contributed by atoms with van der Waals surface area (Å²) in [4.78, 5) is 18.9. The summed E-state index contributed by atoms with van der Waals surface area (Å²) in [5.74, 6) is 3.13. The number of pyridine rings is 1. The summed E-state index contributed by atoms with van der Waals surface area (Å²) in [7, 11) is 0. The van der Waals surface area contributed by atoms with Crippen molar-refractivity contribution in [1.82, 2.24) is 30.1 Å². The lowest BCUT2D eigenvalue weighted by atomic mass is 9.78. The van der Waals surface area contributed by atoms with Crippen LogP contribution in [-0.4, -0.2) is 36.9 Å². The predicted octanol–water partition coefficient (Wildman–Crippen LogP) is 4.81. The summed E-state index contributed by atoms with van der Waals surface area (Å²) < 4.78 is 19.0. The summed E-state index contributed by atoms with van der Waals surface area (Å²) in [5, 5.41) is 14.3. The Balaban J connectivity index is 1.32. The second kappa shape index (κ2) is 9.58. The van der Waals surface area contributed by atoms with Gasteiger partial charge in [-0.3, -0.25) is 9.69 Å². The van der Waals surface area contributed by atoms with Crippen molar-refractivity contribution in [3.8, 4) is 11.5 Å². The molecular formula is C28H32N6O4. The van der Waals surface area contributed by atoms with Gasteiger partial charge >= 0.3 is 0 Å². The molecule has 198 valence electrons. The van der Waals surface area contributed by atoms with E-state index < -0.39 is 5.54 Å². The third-order valence-corrected chi connectivity index (χ3v) is 8.57. The predicted molar refractivity (Wildman–Crippen MR) is 139 cm³/mol. The first-order valence-corrected chi connectivity index (χ1v) is 13.7. The fraction of sp³-hybridized carbons (Fsp3) is 0.500. The number of nitrogens with one attached hydrogen (secondary N) is 1. The molecule has 7 rings (SSSR count). The van der Waals surface area contributed by atoms with Gasteiger partial charge in [0, 0.05) is 23.6 Å². The smallest absolute Gasteiger partial charge is 0.252 e. The minimum absolute atomic E-state index is 0.109. The van der Waals surface area contributed by atoms with Crippen molar-refractivity contribution in [2.24, 2.45) is 0 Å². The molecule has 0 saturated heterocycles. The van der Waals surface area contributed by atoms with E-state index in [0.29, 0.717) is 36.2 Å². The van der Waals surface area contributed by atoms with Crippen LogP contribution >= 0.6 is 0 Å². The lowest BCUT2D eigenvalue weighted by molar-refractivity contribution is 0.0133. The Bertz CT molecular complexity index is 1480. The standard InChI is InChI=1S/C28H32N6O4/c35-26-20(13-19-14-24-25(38-18-37-24)15-23(19)29-26)16-33(17-22-9-6-12-36-22)28(10-4-1-5-11-28)27-30-31-32-34(27)21-7-2-3-8-21/h6,9,12-15,21H,1-5,7-8,10-11,16-18H2,(H,29,35). The molecule has 1 aromatic carbocycles. The second-order valence-electron chi connectivity index (χ2n) is 10.8. The van der Waals surface area contributed by atoms with Crippen molar-refractivity contribution in [3.63, 3.8) is 0 Å². The van der Waals surface area contributed by atoms with Crippen LogP contribution in [0.4, 0.5) is 0 Å². The van der Waals surface area contributed by atoms with E-state index in [0.717, 1.165) is 61.0 Å². The first kappa shape index (κ1) is 23.5. The number of rotatable bonds is 7. The van der Waals surface area contributed by atoms with Crippen LogP contribution in [0.1, 0.15) is 81.0 Å². The first-order valence-electron chi connectivity index (χ1n) is 13.7. The number of nitrogens with zero attached hydrogens (tertiary/aromatic N) is 5. The maximum Gasteiger partial charge on any atom is 0.252 e. The molecule has 4 heterocycles. The molecule has 1 aliphatic heterocycles. The number of fused-ring (bicyclic) bond motifs is 2. The molecule has 2 fully saturated rings. The number of tetrazole rings is 1. The number of aromatic nitrogens is 5. The van der Waals surface area contributed by atoms with E-state index in [9.17, 15) is 4.79 Å². The maximum absolute atomic E-state index is 13.4. The van der Waals surface area contributed by atoms with E-state index in [-0.39, 0.29) is 12.4 Å². The molecule has 3 aliphatic rings. The van der Waals surface area contributed by atoms with Crippen molar-refractivity contribution >= 4 is 10.9 Å². The Labute approximate surface area is 219 Å². The van der Waals surface area contributed by atoms with Gasteiger partial charge in [-0.1, -0.05) is 32.1 Å². The zero-order valence-electron chi connectivity index (χ0n) is 21.4. The molecule has 4 aromatic rings. The van der Waals surface area contributed by atoms with E-state index >= 15 is 0 Å². The molecule has 0 unspecified atom stereocenters. The van der Waals surface area contributed by atoms with Crippen LogP contribution in [0.15, 0.2) is 45.8 Å². The van der Waals surface area contributed by atoms with Gasteiger partial charge < -0.3 is 18.9 Å². The summed E-state index contributed by atoms with van der Waals surface area (Å²) in [6.45, 7) is 1.19. The number of benzene rings is 1. The average Bonchev–Trinajstić information content (AvgIpc) is 3.74. The monoisotopic (exact) mass is 516 g/mol. The van der Waals surface area contributed by atoms with Crippen molar-refractivity contribution in [3.05, 3.63) is 64.1 Å². The molecule has 0 bridgehead atoms. The highest BCUT2D eigenvalue weighted by molar-refractivity contribution is 5.83. The molecule has 38 heavy (non-hydrogen) atoms. The Kier molecular flexibility index (Phi) is 5.91. The average molecular weight is 517 g/mol. The molecule has 0 atom stereocenters. The Hall–Kier alpha value is -3.66. The molecule has 10 nitrogen and oxygen atoms in total. The largest absolute Gasteiger partial charge is 0.468 e. The van der Waals surface area contributed by atoms with Gasteiger partial charge in [0.25, 0.3) is 5.56 Å². The van der Waals surface area contributed by atoms with Gasteiger partial charge in [-0.25, -0.2) is 4.68 Å². The van der Waals surface area contributed by atoms with Crippen LogP contribution in [0, 0.1) is 0 Å². The molecular weight excluding hydrogens is 484 g/mol.